The van der Waals surface area contributed by atoms with Crippen molar-refractivity contribution in [3.05, 3.63) is 64.7 Å². The van der Waals surface area contributed by atoms with Gasteiger partial charge in [-0.3, -0.25) is 9.10 Å². The van der Waals surface area contributed by atoms with Crippen LogP contribution in [0.4, 0.5) is 5.69 Å². The van der Waals surface area contributed by atoms with E-state index in [2.05, 4.69) is 17.3 Å². The number of carbonyl (C=O) groups excluding carboxylic acids is 1. The van der Waals surface area contributed by atoms with Crippen LogP contribution in [0, 0.1) is 13.8 Å². The van der Waals surface area contributed by atoms with Gasteiger partial charge >= 0.3 is 0 Å². The molecule has 0 spiro atoms. The van der Waals surface area contributed by atoms with Crippen molar-refractivity contribution in [2.45, 2.75) is 39.3 Å². The zero-order valence-corrected chi connectivity index (χ0v) is 19.0. The fourth-order valence-electron chi connectivity index (χ4n) is 3.72. The average molecular weight is 430 g/mol. The highest BCUT2D eigenvalue weighted by Gasteiger charge is 2.21. The summed E-state index contributed by atoms with van der Waals surface area (Å²) >= 11 is 0. The summed E-state index contributed by atoms with van der Waals surface area (Å²) in [5.74, 6) is -0.0781. The highest BCUT2D eigenvalue weighted by Crippen LogP contribution is 2.26. The van der Waals surface area contributed by atoms with Crippen LogP contribution in [0.3, 0.4) is 0 Å². The number of hydrogen-bond acceptors (Lipinski definition) is 4. The van der Waals surface area contributed by atoms with Crippen molar-refractivity contribution in [3.63, 3.8) is 0 Å². The molecule has 30 heavy (non-hydrogen) atoms. The van der Waals surface area contributed by atoms with Crippen LogP contribution >= 0.6 is 0 Å². The van der Waals surface area contributed by atoms with Gasteiger partial charge in [-0.1, -0.05) is 24.3 Å². The molecular weight excluding hydrogens is 398 g/mol. The third-order valence-corrected chi connectivity index (χ3v) is 6.76. The minimum absolute atomic E-state index is 0.0781. The number of aryl methyl sites for hydroxylation is 2. The number of nitrogens with one attached hydrogen (secondary N) is 1. The maximum Gasteiger partial charge on any atom is 0.251 e. The van der Waals surface area contributed by atoms with E-state index in [1.165, 1.54) is 10.6 Å². The molecule has 2 aromatic carbocycles. The first-order valence-corrected chi connectivity index (χ1v) is 12.1. The Labute approximate surface area is 179 Å². The largest absolute Gasteiger partial charge is 0.349 e. The van der Waals surface area contributed by atoms with E-state index >= 15 is 0 Å². The Morgan fingerprint density at radius 1 is 1.10 bits per heavy atom. The molecule has 1 aliphatic heterocycles. The average Bonchev–Trinajstić information content (AvgIpc) is 2.69. The lowest BCUT2D eigenvalue weighted by Crippen LogP contribution is -2.43. The van der Waals surface area contributed by atoms with Gasteiger partial charge in [-0.05, 0) is 81.7 Å². The highest BCUT2D eigenvalue weighted by molar-refractivity contribution is 7.92. The van der Waals surface area contributed by atoms with Crippen LogP contribution in [0.2, 0.25) is 0 Å². The number of nitrogens with zero attached hydrogens (tertiary/aromatic N) is 2. The molecule has 162 valence electrons. The number of rotatable bonds is 6. The van der Waals surface area contributed by atoms with Crippen LogP contribution in [0.1, 0.15) is 39.9 Å². The highest BCUT2D eigenvalue weighted by atomic mass is 32.2. The normalized spacial score (nSPS) is 15.7. The van der Waals surface area contributed by atoms with Gasteiger partial charge in [0.2, 0.25) is 10.0 Å². The number of carbonyl (C=O) groups is 1. The van der Waals surface area contributed by atoms with Crippen LogP contribution in [-0.2, 0) is 16.6 Å². The van der Waals surface area contributed by atoms with E-state index in [1.54, 1.807) is 12.1 Å². The van der Waals surface area contributed by atoms with Gasteiger partial charge < -0.3 is 10.2 Å². The molecule has 1 amide bonds. The minimum atomic E-state index is -3.46. The maximum atomic E-state index is 12.6. The predicted molar refractivity (Wildman–Crippen MR) is 121 cm³/mol. The molecule has 0 unspecified atom stereocenters. The van der Waals surface area contributed by atoms with Crippen molar-refractivity contribution in [1.82, 2.24) is 10.2 Å². The number of sulfonamides is 1. The molecule has 1 N–H and O–H groups in total. The lowest BCUT2D eigenvalue weighted by Gasteiger charge is -2.29. The Balaban J connectivity index is 1.73. The van der Waals surface area contributed by atoms with Crippen LogP contribution in [0.15, 0.2) is 42.5 Å². The zero-order chi connectivity index (χ0) is 21.9. The number of likely N-dealkylation sites (tertiary alicyclic amines) is 1. The van der Waals surface area contributed by atoms with Crippen LogP contribution in [-0.4, -0.2) is 51.7 Å². The van der Waals surface area contributed by atoms with E-state index in [0.717, 1.165) is 42.6 Å². The molecule has 1 fully saturated rings. The summed E-state index contributed by atoms with van der Waals surface area (Å²) in [6.07, 6.45) is 3.14. The lowest BCUT2D eigenvalue weighted by atomic mass is 10.0. The monoisotopic (exact) mass is 429 g/mol. The van der Waals surface area contributed by atoms with Gasteiger partial charge in [-0.2, -0.15) is 0 Å². The summed E-state index contributed by atoms with van der Waals surface area (Å²) in [6, 6.07) is 13.2. The van der Waals surface area contributed by atoms with Gasteiger partial charge in [0.15, 0.2) is 0 Å². The fourth-order valence-corrected chi connectivity index (χ4v) is 4.66. The van der Waals surface area contributed by atoms with E-state index in [9.17, 15) is 13.2 Å². The first kappa shape index (κ1) is 22.3. The molecule has 0 aliphatic carbocycles. The standard InChI is InChI=1S/C23H31N3O3S/c1-17-5-6-18(2)22(15-17)26(30(4,28)29)16-19-7-9-20(10-8-19)23(27)24-21-11-13-25(3)14-12-21/h5-10,15,21H,11-14,16H2,1-4H3,(H,24,27). The molecule has 3 rings (SSSR count). The van der Waals surface area contributed by atoms with Crippen molar-refractivity contribution < 1.29 is 13.2 Å². The SMILES string of the molecule is Cc1ccc(C)c(N(Cc2ccc(C(=O)NC3CCN(C)CC3)cc2)S(C)(=O)=O)c1. The smallest absolute Gasteiger partial charge is 0.251 e. The quantitative estimate of drug-likeness (QED) is 0.766. The third kappa shape index (κ3) is 5.61. The summed E-state index contributed by atoms with van der Waals surface area (Å²) in [7, 11) is -1.36. The number of benzene rings is 2. The lowest BCUT2D eigenvalue weighted by molar-refractivity contribution is 0.0917. The summed E-state index contributed by atoms with van der Waals surface area (Å²) in [5, 5.41) is 3.11. The molecule has 0 atom stereocenters. The van der Waals surface area contributed by atoms with Crippen LogP contribution < -0.4 is 9.62 Å². The van der Waals surface area contributed by atoms with Gasteiger partial charge in [0.1, 0.15) is 0 Å². The topological polar surface area (TPSA) is 69.7 Å². The fraction of sp³-hybridized carbons (Fsp3) is 0.435. The van der Waals surface area contributed by atoms with Gasteiger partial charge in [-0.15, -0.1) is 0 Å². The van der Waals surface area contributed by atoms with Crippen molar-refractivity contribution in [2.24, 2.45) is 0 Å². The molecule has 0 aromatic heterocycles. The molecule has 6 nitrogen and oxygen atoms in total. The van der Waals surface area contributed by atoms with Gasteiger partial charge in [0.25, 0.3) is 5.91 Å². The van der Waals surface area contributed by atoms with Crippen molar-refractivity contribution in [2.75, 3.05) is 30.7 Å². The summed E-state index contributed by atoms with van der Waals surface area (Å²) in [6.45, 7) is 6.05. The summed E-state index contributed by atoms with van der Waals surface area (Å²) in [5.41, 5.74) is 4.01. The third-order valence-electron chi connectivity index (χ3n) is 5.63. The van der Waals surface area contributed by atoms with E-state index in [4.69, 9.17) is 0 Å². The molecule has 0 saturated carbocycles. The number of anilines is 1. The van der Waals surface area contributed by atoms with E-state index < -0.39 is 10.0 Å². The summed E-state index contributed by atoms with van der Waals surface area (Å²) < 4.78 is 26.4. The Kier molecular flexibility index (Phi) is 6.83. The molecule has 1 heterocycles. The van der Waals surface area contributed by atoms with E-state index in [0.29, 0.717) is 11.3 Å². The molecular formula is C23H31N3O3S. The van der Waals surface area contributed by atoms with Gasteiger partial charge in [-0.25, -0.2) is 8.42 Å². The van der Waals surface area contributed by atoms with Crippen molar-refractivity contribution in [3.8, 4) is 0 Å². The molecule has 1 aliphatic rings. The van der Waals surface area contributed by atoms with Gasteiger partial charge in [0, 0.05) is 11.6 Å². The summed E-state index contributed by atoms with van der Waals surface area (Å²) in [4.78, 5) is 14.8. The van der Waals surface area contributed by atoms with E-state index in [1.807, 2.05) is 44.2 Å². The molecule has 1 saturated heterocycles. The Morgan fingerprint density at radius 3 is 2.33 bits per heavy atom. The Hall–Kier alpha value is -2.38. The Morgan fingerprint density at radius 2 is 1.73 bits per heavy atom. The van der Waals surface area contributed by atoms with Crippen molar-refractivity contribution in [1.29, 1.82) is 0 Å². The number of piperidine rings is 1. The maximum absolute atomic E-state index is 12.6. The Bertz CT molecular complexity index is 995. The van der Waals surface area contributed by atoms with Gasteiger partial charge in [0.05, 0.1) is 18.5 Å². The molecule has 0 bridgehead atoms. The van der Waals surface area contributed by atoms with E-state index in [-0.39, 0.29) is 18.5 Å². The number of hydrogen-bond donors (Lipinski definition) is 1. The predicted octanol–water partition coefficient (Wildman–Crippen LogP) is 3.09. The number of amides is 1. The minimum Gasteiger partial charge on any atom is -0.349 e. The first-order valence-electron chi connectivity index (χ1n) is 10.3. The van der Waals surface area contributed by atoms with Crippen molar-refractivity contribution >= 4 is 21.6 Å². The van der Waals surface area contributed by atoms with Crippen LogP contribution in [0.25, 0.3) is 0 Å². The molecule has 2 aromatic rings. The molecule has 7 heteroatoms. The second kappa shape index (κ2) is 9.18. The molecule has 0 radical (unpaired) electrons. The zero-order valence-electron chi connectivity index (χ0n) is 18.2. The second-order valence-corrected chi connectivity index (χ2v) is 10.2. The second-order valence-electron chi connectivity index (χ2n) is 8.31. The van der Waals surface area contributed by atoms with Crippen LogP contribution in [0.5, 0.6) is 0 Å². The first-order chi connectivity index (χ1) is 14.1.